The van der Waals surface area contributed by atoms with E-state index in [1.54, 1.807) is 0 Å². The van der Waals surface area contributed by atoms with E-state index in [9.17, 15) is 0 Å². The molecule has 0 N–H and O–H groups in total. The minimum absolute atomic E-state index is 0.969. The predicted molar refractivity (Wildman–Crippen MR) is 211 cm³/mol. The van der Waals surface area contributed by atoms with E-state index in [0.29, 0.717) is 0 Å². The first-order valence-corrected chi connectivity index (χ1v) is 17.1. The lowest BCUT2D eigenvalue weighted by atomic mass is 9.90. The maximum absolute atomic E-state index is 5.43. The lowest BCUT2D eigenvalue weighted by Gasteiger charge is -2.16. The van der Waals surface area contributed by atoms with Crippen molar-refractivity contribution in [2.75, 3.05) is 0 Å². The average Bonchev–Trinajstić information content (AvgIpc) is 3.19. The Bertz CT molecular complexity index is 2920. The SMILES string of the molecule is c1ccc2cc(-c3cc(-c4ccc5ccccc5c4)c4cc(-c5ccc(-c6ccc7ccccc7n6)cc5)c5ccccc5c4n3)ccc2c1. The van der Waals surface area contributed by atoms with Crippen molar-refractivity contribution in [1.82, 2.24) is 9.97 Å². The lowest BCUT2D eigenvalue weighted by Crippen LogP contribution is -1.94. The number of pyridine rings is 2. The summed E-state index contributed by atoms with van der Waals surface area (Å²) in [5.74, 6) is 0. The second-order valence-corrected chi connectivity index (χ2v) is 13.0. The van der Waals surface area contributed by atoms with Crippen molar-refractivity contribution in [3.8, 4) is 44.8 Å². The molecule has 0 saturated heterocycles. The highest BCUT2D eigenvalue weighted by Gasteiger charge is 2.17. The van der Waals surface area contributed by atoms with Gasteiger partial charge in [-0.1, -0.05) is 146 Å². The molecular formula is C48H30N2. The number of aromatic nitrogens is 2. The molecule has 2 aromatic heterocycles. The van der Waals surface area contributed by atoms with Gasteiger partial charge in [0.05, 0.1) is 22.4 Å². The molecule has 0 fully saturated rings. The third kappa shape index (κ3) is 4.81. The minimum atomic E-state index is 0.969. The Kier molecular flexibility index (Phi) is 6.53. The molecule has 0 amide bonds. The summed E-state index contributed by atoms with van der Waals surface area (Å²) in [5, 5.41) is 9.51. The van der Waals surface area contributed by atoms with E-state index in [2.05, 4.69) is 176 Å². The predicted octanol–water partition coefficient (Wildman–Crippen LogP) is 12.9. The fourth-order valence-electron chi connectivity index (χ4n) is 7.43. The third-order valence-electron chi connectivity index (χ3n) is 10.0. The number of fused-ring (bicyclic) bond motifs is 6. The van der Waals surface area contributed by atoms with E-state index >= 15 is 0 Å². The van der Waals surface area contributed by atoms with Crippen LogP contribution in [0.2, 0.25) is 0 Å². The molecule has 10 rings (SSSR count). The van der Waals surface area contributed by atoms with E-state index in [-0.39, 0.29) is 0 Å². The first-order chi connectivity index (χ1) is 24.7. The smallest absolute Gasteiger partial charge is 0.0794 e. The number of hydrogen-bond donors (Lipinski definition) is 0. The molecule has 8 aromatic carbocycles. The van der Waals surface area contributed by atoms with Gasteiger partial charge in [0.1, 0.15) is 0 Å². The van der Waals surface area contributed by atoms with Crippen molar-refractivity contribution >= 4 is 54.1 Å². The molecule has 50 heavy (non-hydrogen) atoms. The van der Waals surface area contributed by atoms with Crippen LogP contribution in [-0.4, -0.2) is 9.97 Å². The Morgan fingerprint density at radius 1 is 0.280 bits per heavy atom. The summed E-state index contributed by atoms with van der Waals surface area (Å²) in [6.07, 6.45) is 0. The Hall–Kier alpha value is -6.64. The monoisotopic (exact) mass is 634 g/mol. The van der Waals surface area contributed by atoms with Crippen LogP contribution < -0.4 is 0 Å². The van der Waals surface area contributed by atoms with Gasteiger partial charge in [0.15, 0.2) is 0 Å². The van der Waals surface area contributed by atoms with Crippen molar-refractivity contribution in [2.45, 2.75) is 0 Å². The first-order valence-electron chi connectivity index (χ1n) is 17.1. The normalized spacial score (nSPS) is 11.6. The molecule has 10 aromatic rings. The number of benzene rings is 8. The van der Waals surface area contributed by atoms with Crippen LogP contribution in [0.4, 0.5) is 0 Å². The second-order valence-electron chi connectivity index (χ2n) is 13.0. The van der Waals surface area contributed by atoms with E-state index in [1.807, 2.05) is 6.07 Å². The lowest BCUT2D eigenvalue weighted by molar-refractivity contribution is 1.40. The van der Waals surface area contributed by atoms with Crippen molar-refractivity contribution < 1.29 is 0 Å². The fraction of sp³-hybridized carbons (Fsp3) is 0. The largest absolute Gasteiger partial charge is 0.248 e. The summed E-state index contributed by atoms with van der Waals surface area (Å²) in [5.41, 5.74) is 10.9. The number of para-hydroxylation sites is 1. The molecule has 0 spiro atoms. The summed E-state index contributed by atoms with van der Waals surface area (Å²) in [7, 11) is 0. The number of hydrogen-bond acceptors (Lipinski definition) is 2. The van der Waals surface area contributed by atoms with Gasteiger partial charge < -0.3 is 0 Å². The van der Waals surface area contributed by atoms with Gasteiger partial charge in [-0.2, -0.15) is 0 Å². The van der Waals surface area contributed by atoms with Gasteiger partial charge in [-0.15, -0.1) is 0 Å². The molecule has 2 heterocycles. The number of nitrogens with zero attached hydrogens (tertiary/aromatic N) is 2. The zero-order valence-corrected chi connectivity index (χ0v) is 27.2. The van der Waals surface area contributed by atoms with Crippen LogP contribution in [0.25, 0.3) is 98.9 Å². The summed E-state index contributed by atoms with van der Waals surface area (Å²) in [6, 6.07) is 65.2. The Morgan fingerprint density at radius 3 is 1.58 bits per heavy atom. The van der Waals surface area contributed by atoms with Gasteiger partial charge in [-0.25, -0.2) is 9.97 Å². The van der Waals surface area contributed by atoms with Crippen LogP contribution in [-0.2, 0) is 0 Å². The molecule has 232 valence electrons. The highest BCUT2D eigenvalue weighted by Crippen LogP contribution is 2.41. The van der Waals surface area contributed by atoms with Crippen LogP contribution in [0.15, 0.2) is 182 Å². The Balaban J connectivity index is 1.19. The highest BCUT2D eigenvalue weighted by atomic mass is 14.7. The van der Waals surface area contributed by atoms with Crippen LogP contribution in [0.3, 0.4) is 0 Å². The maximum atomic E-state index is 5.43. The number of rotatable bonds is 4. The molecule has 0 aliphatic heterocycles. The molecule has 2 nitrogen and oxygen atoms in total. The van der Waals surface area contributed by atoms with Crippen LogP contribution >= 0.6 is 0 Å². The van der Waals surface area contributed by atoms with Gasteiger partial charge in [0.25, 0.3) is 0 Å². The van der Waals surface area contributed by atoms with Crippen LogP contribution in [0.5, 0.6) is 0 Å². The molecule has 0 aliphatic rings. The molecule has 0 radical (unpaired) electrons. The van der Waals surface area contributed by atoms with E-state index in [4.69, 9.17) is 9.97 Å². The summed E-state index contributed by atoms with van der Waals surface area (Å²) in [6.45, 7) is 0. The Labute approximate surface area is 290 Å². The van der Waals surface area contributed by atoms with E-state index < -0.39 is 0 Å². The standard InChI is InChI=1S/C48H30N2/c1-3-12-36-27-38(23-17-31(36)9-1)43-30-47(39-24-18-32-10-2-4-13-37(32)28-39)50-48-41-15-7-6-14-40(41)42(29-44(43)48)33-19-21-35(22-20-33)46-26-25-34-11-5-8-16-45(34)49-46/h1-30H. The van der Waals surface area contributed by atoms with Crippen molar-refractivity contribution in [1.29, 1.82) is 0 Å². The zero-order valence-electron chi connectivity index (χ0n) is 27.2. The van der Waals surface area contributed by atoms with Crippen molar-refractivity contribution in [3.05, 3.63) is 182 Å². The third-order valence-corrected chi connectivity index (χ3v) is 10.0. The Morgan fingerprint density at radius 2 is 0.820 bits per heavy atom. The fourth-order valence-corrected chi connectivity index (χ4v) is 7.43. The summed E-state index contributed by atoms with van der Waals surface area (Å²) < 4.78 is 0. The van der Waals surface area contributed by atoms with Gasteiger partial charge >= 0.3 is 0 Å². The van der Waals surface area contributed by atoms with Crippen LogP contribution in [0.1, 0.15) is 0 Å². The first kappa shape index (κ1) is 28.4. The van der Waals surface area contributed by atoms with Crippen molar-refractivity contribution in [3.63, 3.8) is 0 Å². The quantitative estimate of drug-likeness (QED) is 0.180. The maximum Gasteiger partial charge on any atom is 0.0794 e. The summed E-state index contributed by atoms with van der Waals surface area (Å²) in [4.78, 5) is 10.4. The molecule has 0 atom stereocenters. The highest BCUT2D eigenvalue weighted by molar-refractivity contribution is 6.16. The van der Waals surface area contributed by atoms with E-state index in [0.717, 1.165) is 55.3 Å². The van der Waals surface area contributed by atoms with E-state index in [1.165, 1.54) is 43.6 Å². The molecule has 2 heteroatoms. The minimum Gasteiger partial charge on any atom is -0.248 e. The van der Waals surface area contributed by atoms with Gasteiger partial charge in [-0.05, 0) is 85.6 Å². The average molecular weight is 635 g/mol. The molecular weight excluding hydrogens is 605 g/mol. The van der Waals surface area contributed by atoms with Gasteiger partial charge in [0.2, 0.25) is 0 Å². The van der Waals surface area contributed by atoms with Crippen molar-refractivity contribution in [2.24, 2.45) is 0 Å². The second kappa shape index (κ2) is 11.5. The van der Waals surface area contributed by atoms with Gasteiger partial charge in [0, 0.05) is 27.3 Å². The van der Waals surface area contributed by atoms with Gasteiger partial charge in [-0.3, -0.25) is 0 Å². The molecule has 0 aliphatic carbocycles. The zero-order chi connectivity index (χ0) is 33.0. The topological polar surface area (TPSA) is 25.8 Å². The molecule has 0 bridgehead atoms. The summed E-state index contributed by atoms with van der Waals surface area (Å²) >= 11 is 0. The molecule has 0 saturated carbocycles. The molecule has 0 unspecified atom stereocenters. The van der Waals surface area contributed by atoms with Crippen LogP contribution in [0, 0.1) is 0 Å².